The molecule has 1 saturated heterocycles. The molecule has 2 aromatic rings. The molecule has 3 fully saturated rings. The van der Waals surface area contributed by atoms with Crippen LogP contribution in [0.4, 0.5) is 0 Å². The lowest BCUT2D eigenvalue weighted by Crippen LogP contribution is -2.45. The van der Waals surface area contributed by atoms with E-state index in [9.17, 15) is 14.4 Å². The zero-order valence-corrected chi connectivity index (χ0v) is 25.3. The van der Waals surface area contributed by atoms with Gasteiger partial charge in [0.2, 0.25) is 5.88 Å². The molecule has 3 aliphatic rings. The molecular formula is C32H42N6O5. The Hall–Kier alpha value is -3.91. The van der Waals surface area contributed by atoms with E-state index in [0.29, 0.717) is 74.8 Å². The minimum Gasteiger partial charge on any atom is -0.467 e. The van der Waals surface area contributed by atoms with Crippen molar-refractivity contribution in [2.75, 3.05) is 20.2 Å². The van der Waals surface area contributed by atoms with E-state index >= 15 is 0 Å². The second-order valence-corrected chi connectivity index (χ2v) is 12.0. The minimum absolute atomic E-state index is 0.00867. The molecule has 3 atom stereocenters. The summed E-state index contributed by atoms with van der Waals surface area (Å²) in [5.74, 6) is 0.121. The molecule has 2 N–H and O–H groups in total. The average molecular weight is 591 g/mol. The number of rotatable bonds is 10. The van der Waals surface area contributed by atoms with Crippen LogP contribution in [0.3, 0.4) is 0 Å². The third kappa shape index (κ3) is 5.60. The third-order valence-electron chi connectivity index (χ3n) is 9.44. The van der Waals surface area contributed by atoms with E-state index in [4.69, 9.17) is 31.6 Å². The number of hydrogen-bond donors (Lipinski definition) is 1. The number of aryl methyl sites for hydroxylation is 2. The Kier molecular flexibility index (Phi) is 9.06. The number of carbonyl (C=O) groups excluding carboxylic acids is 2. The van der Waals surface area contributed by atoms with Gasteiger partial charge in [0, 0.05) is 25.6 Å². The molecule has 0 unspecified atom stereocenters. The lowest BCUT2D eigenvalue weighted by Gasteiger charge is -2.38. The largest absolute Gasteiger partial charge is 0.467 e. The molecular weight excluding hydrogens is 548 g/mol. The first-order valence-corrected chi connectivity index (χ1v) is 15.3. The highest BCUT2D eigenvalue weighted by atomic mass is 16.5. The molecule has 1 spiro atoms. The van der Waals surface area contributed by atoms with Crippen LogP contribution in [0.15, 0.2) is 23.0 Å². The number of fused-ring (bicyclic) bond motifs is 1. The van der Waals surface area contributed by atoms with E-state index in [1.54, 1.807) is 17.7 Å². The van der Waals surface area contributed by atoms with Crippen LogP contribution in [-0.4, -0.2) is 67.9 Å². The number of hydrogen-bond acceptors (Lipinski definition) is 9. The summed E-state index contributed by atoms with van der Waals surface area (Å²) in [7, 11) is 3.71. The molecule has 2 saturated carbocycles. The molecule has 3 heterocycles. The predicted molar refractivity (Wildman–Crippen MR) is 163 cm³/mol. The summed E-state index contributed by atoms with van der Waals surface area (Å²) in [4.78, 5) is 52.2. The SMILES string of the molecule is C#COCCCCn1c(=O)n(C)c2c(O[C@@H](C=C)[C@@H]3CCCN3C)nc(/C(N)=C3\CCC[C@@]4(CCCCC4=O)C3=O)nc21. The molecule has 11 heteroatoms. The van der Waals surface area contributed by atoms with Gasteiger partial charge in [-0.3, -0.25) is 23.6 Å². The van der Waals surface area contributed by atoms with Crippen molar-refractivity contribution < 1.29 is 19.1 Å². The van der Waals surface area contributed by atoms with Crippen molar-refractivity contribution in [2.24, 2.45) is 18.2 Å². The third-order valence-corrected chi connectivity index (χ3v) is 9.44. The number of terminal acetylenes is 1. The summed E-state index contributed by atoms with van der Waals surface area (Å²) in [6.07, 6.45) is 16.2. The van der Waals surface area contributed by atoms with Gasteiger partial charge in [0.15, 0.2) is 22.8 Å². The topological polar surface area (TPSA) is 135 Å². The zero-order valence-electron chi connectivity index (χ0n) is 25.3. The number of nitrogens with zero attached hydrogens (tertiary/aromatic N) is 5. The highest BCUT2D eigenvalue weighted by Gasteiger charge is 2.49. The second-order valence-electron chi connectivity index (χ2n) is 12.0. The molecule has 0 aromatic carbocycles. The van der Waals surface area contributed by atoms with Gasteiger partial charge in [-0.15, -0.1) is 0 Å². The van der Waals surface area contributed by atoms with Crippen LogP contribution >= 0.6 is 0 Å². The first-order chi connectivity index (χ1) is 20.7. The van der Waals surface area contributed by atoms with E-state index in [2.05, 4.69) is 17.6 Å². The highest BCUT2D eigenvalue weighted by molar-refractivity contribution is 6.17. The van der Waals surface area contributed by atoms with Crippen LogP contribution in [0, 0.1) is 17.9 Å². The number of allylic oxidation sites excluding steroid dienone is 1. The number of carbonyl (C=O) groups is 2. The normalized spacial score (nSPS) is 24.7. The monoisotopic (exact) mass is 590 g/mol. The van der Waals surface area contributed by atoms with Crippen LogP contribution in [0.25, 0.3) is 16.9 Å². The van der Waals surface area contributed by atoms with E-state index in [0.717, 1.165) is 32.2 Å². The Bertz CT molecular complexity index is 1540. The van der Waals surface area contributed by atoms with Crippen molar-refractivity contribution in [1.82, 2.24) is 24.0 Å². The van der Waals surface area contributed by atoms with Crippen molar-refractivity contribution in [3.8, 4) is 18.4 Å². The number of ether oxygens (including phenoxy) is 2. The molecule has 0 amide bonds. The smallest absolute Gasteiger partial charge is 0.330 e. The molecule has 2 aromatic heterocycles. The number of likely N-dealkylation sites (N-methyl/N-ethyl adjacent to an activating group) is 1. The number of Topliss-reactive ketones (excluding diaryl/α,β-unsaturated/α-hetero) is 2. The molecule has 1 aliphatic heterocycles. The van der Waals surface area contributed by atoms with Crippen LogP contribution in [0.1, 0.15) is 76.5 Å². The van der Waals surface area contributed by atoms with Crippen molar-refractivity contribution in [3.63, 3.8) is 0 Å². The Morgan fingerprint density at radius 3 is 2.65 bits per heavy atom. The maximum Gasteiger partial charge on any atom is 0.330 e. The van der Waals surface area contributed by atoms with Crippen molar-refractivity contribution in [2.45, 2.75) is 89.3 Å². The molecule has 0 bridgehead atoms. The Balaban J connectivity index is 1.61. The van der Waals surface area contributed by atoms with Crippen molar-refractivity contribution in [1.29, 1.82) is 0 Å². The number of imidazole rings is 1. The molecule has 2 aliphatic carbocycles. The lowest BCUT2D eigenvalue weighted by molar-refractivity contribution is -0.143. The summed E-state index contributed by atoms with van der Waals surface area (Å²) >= 11 is 0. The average Bonchev–Trinajstić information content (AvgIpc) is 3.54. The van der Waals surface area contributed by atoms with Crippen LogP contribution in [-0.2, 0) is 27.9 Å². The summed E-state index contributed by atoms with van der Waals surface area (Å²) in [6.45, 7) is 5.71. The standard InChI is InChI=1S/C32H42N6O5/c1-5-23(22-14-12-18-36(22)3)43-30-26-29(38(31(41)37(26)4)19-9-10-20-42-6-2)34-28(35-30)25(33)21-13-11-17-32(27(21)40)16-8-7-15-24(32)39/h2,5,22-23H,1,7-20,33H2,3-4H3/b25-21-/t22-,23-,32+/m0/s1. The fourth-order valence-electron chi connectivity index (χ4n) is 7.01. The van der Waals surface area contributed by atoms with Crippen molar-refractivity contribution in [3.05, 3.63) is 34.5 Å². The number of unbranched alkanes of at least 4 members (excludes halogenated alkanes) is 1. The minimum atomic E-state index is -1.00. The van der Waals surface area contributed by atoms with Gasteiger partial charge in [0.1, 0.15) is 24.6 Å². The Labute approximate surface area is 252 Å². The maximum absolute atomic E-state index is 13.9. The van der Waals surface area contributed by atoms with Gasteiger partial charge >= 0.3 is 5.69 Å². The highest BCUT2D eigenvalue weighted by Crippen LogP contribution is 2.45. The first-order valence-electron chi connectivity index (χ1n) is 15.3. The summed E-state index contributed by atoms with van der Waals surface area (Å²) < 4.78 is 14.6. The van der Waals surface area contributed by atoms with Gasteiger partial charge in [-0.2, -0.15) is 4.98 Å². The maximum atomic E-state index is 13.9. The van der Waals surface area contributed by atoms with Gasteiger partial charge < -0.3 is 15.2 Å². The van der Waals surface area contributed by atoms with Crippen LogP contribution < -0.4 is 16.2 Å². The fourth-order valence-corrected chi connectivity index (χ4v) is 7.01. The second kappa shape index (κ2) is 12.8. The Morgan fingerprint density at radius 1 is 1.16 bits per heavy atom. The Morgan fingerprint density at radius 2 is 1.95 bits per heavy atom. The number of nitrogens with two attached hydrogens (primary N) is 1. The van der Waals surface area contributed by atoms with E-state index < -0.39 is 11.5 Å². The number of likely N-dealkylation sites (tertiary alicyclic amines) is 1. The molecule has 11 nitrogen and oxygen atoms in total. The lowest BCUT2D eigenvalue weighted by atomic mass is 9.62. The summed E-state index contributed by atoms with van der Waals surface area (Å²) in [5, 5.41) is 0. The van der Waals surface area contributed by atoms with Gasteiger partial charge in [0.05, 0.1) is 17.2 Å². The van der Waals surface area contributed by atoms with Gasteiger partial charge in [-0.05, 0) is 77.5 Å². The molecule has 0 radical (unpaired) electrons. The molecule has 230 valence electrons. The predicted octanol–water partition coefficient (Wildman–Crippen LogP) is 3.10. The summed E-state index contributed by atoms with van der Waals surface area (Å²) in [5.41, 5.74) is 6.77. The van der Waals surface area contributed by atoms with E-state index in [1.165, 1.54) is 4.57 Å². The van der Waals surface area contributed by atoms with Gasteiger partial charge in [-0.25, -0.2) is 9.78 Å². The molecule has 43 heavy (non-hydrogen) atoms. The van der Waals surface area contributed by atoms with Gasteiger partial charge in [0.25, 0.3) is 0 Å². The van der Waals surface area contributed by atoms with Gasteiger partial charge in [-0.1, -0.05) is 19.4 Å². The zero-order chi connectivity index (χ0) is 30.7. The van der Waals surface area contributed by atoms with E-state index in [-0.39, 0.29) is 40.7 Å². The fraction of sp³-hybridized carbons (Fsp3) is 0.594. The van der Waals surface area contributed by atoms with Crippen LogP contribution in [0.5, 0.6) is 5.88 Å². The number of ketones is 2. The molecule has 5 rings (SSSR count). The quantitative estimate of drug-likeness (QED) is 0.146. The summed E-state index contributed by atoms with van der Waals surface area (Å²) in [6, 6.07) is 0.0917. The van der Waals surface area contributed by atoms with E-state index in [1.807, 2.05) is 7.05 Å². The van der Waals surface area contributed by atoms with Crippen molar-refractivity contribution >= 4 is 28.4 Å². The van der Waals surface area contributed by atoms with Crippen LogP contribution in [0.2, 0.25) is 0 Å². The number of aromatic nitrogens is 4. The first kappa shape index (κ1) is 30.5.